The Hall–Kier alpha value is -3.76. The Morgan fingerprint density at radius 1 is 1.07 bits per heavy atom. The molecule has 4 aromatic rings. The first-order valence-corrected chi connectivity index (χ1v) is 18.3. The van der Waals surface area contributed by atoms with Crippen molar-refractivity contribution in [3.8, 4) is 5.88 Å². The first-order valence-electron chi connectivity index (χ1n) is 15.2. The van der Waals surface area contributed by atoms with Crippen LogP contribution in [0.2, 0.25) is 0 Å². The van der Waals surface area contributed by atoms with Gasteiger partial charge in [0.05, 0.1) is 35.6 Å². The number of aromatic nitrogens is 4. The zero-order valence-electron chi connectivity index (χ0n) is 26.0. The highest BCUT2D eigenvalue weighted by Gasteiger charge is 2.32. The molecule has 5 heterocycles. The van der Waals surface area contributed by atoms with Crippen molar-refractivity contribution < 1.29 is 14.3 Å². The fourth-order valence-electron chi connectivity index (χ4n) is 6.06. The number of carbonyl (C=O) groups is 1. The molecule has 6 rings (SSSR count). The third kappa shape index (κ3) is 6.63. The second-order valence-corrected chi connectivity index (χ2v) is 14.4. The van der Waals surface area contributed by atoms with Crippen LogP contribution in [0.3, 0.4) is 0 Å². The maximum Gasteiger partial charge on any atom is 0.410 e. The van der Waals surface area contributed by atoms with Crippen LogP contribution < -0.4 is 25.6 Å². The number of ether oxygens (including phenoxy) is 2. The number of para-hydroxylation sites is 1. The molecule has 11 nitrogen and oxygen atoms in total. The largest absolute Gasteiger partial charge is 0.479 e. The number of piperidine rings is 1. The predicted octanol–water partition coefficient (Wildman–Crippen LogP) is 6.42. The summed E-state index contributed by atoms with van der Waals surface area (Å²) in [5, 5.41) is 9.23. The van der Waals surface area contributed by atoms with Gasteiger partial charge in [-0.25, -0.2) is 9.78 Å². The van der Waals surface area contributed by atoms with Crippen molar-refractivity contribution in [1.82, 2.24) is 24.8 Å². The quantitative estimate of drug-likeness (QED) is 0.190. The summed E-state index contributed by atoms with van der Waals surface area (Å²) in [6, 6.07) is 10.5. The van der Waals surface area contributed by atoms with Gasteiger partial charge in [0, 0.05) is 42.6 Å². The number of nitrogens with one attached hydrogen (secondary N) is 2. The highest BCUT2D eigenvalue weighted by molar-refractivity contribution is 9.10. The lowest BCUT2D eigenvalue weighted by molar-refractivity contribution is 0.0499. The minimum atomic E-state index is -0.427. The highest BCUT2D eigenvalue weighted by Crippen LogP contribution is 2.36. The molecule has 13 heteroatoms. The molecule has 2 fully saturated rings. The predicted molar refractivity (Wildman–Crippen MR) is 185 cm³/mol. The van der Waals surface area contributed by atoms with Crippen molar-refractivity contribution in [2.24, 2.45) is 0 Å². The zero-order valence-corrected chi connectivity index (χ0v) is 28.5. The summed E-state index contributed by atoms with van der Waals surface area (Å²) in [4.78, 5) is 35.4. The van der Waals surface area contributed by atoms with Crippen LogP contribution in [0.15, 0.2) is 47.2 Å². The van der Waals surface area contributed by atoms with E-state index in [0.29, 0.717) is 29.9 Å². The molecule has 3 aromatic heterocycles. The van der Waals surface area contributed by atoms with Gasteiger partial charge in [-0.1, -0.05) is 33.0 Å². The number of aryl methyl sites for hydroxylation is 1. The smallest absolute Gasteiger partial charge is 0.410 e. The second kappa shape index (κ2) is 13.7. The number of hydrogen-bond acceptors (Lipinski definition) is 10. The summed E-state index contributed by atoms with van der Waals surface area (Å²) in [5.41, 5.74) is 3.68. The van der Waals surface area contributed by atoms with Crippen LogP contribution in [0.5, 0.6) is 5.88 Å². The zero-order chi connectivity index (χ0) is 31.5. The van der Waals surface area contributed by atoms with Gasteiger partial charge in [0.1, 0.15) is 17.3 Å². The van der Waals surface area contributed by atoms with Gasteiger partial charge in [0.15, 0.2) is 0 Å². The molecule has 1 aromatic carbocycles. The van der Waals surface area contributed by atoms with Crippen molar-refractivity contribution >= 4 is 75.1 Å². The minimum absolute atomic E-state index is 0.187. The number of amides is 1. The summed E-state index contributed by atoms with van der Waals surface area (Å²) >= 11 is 3.62. The van der Waals surface area contributed by atoms with Crippen molar-refractivity contribution in [3.05, 3.63) is 52.8 Å². The Labute approximate surface area is 273 Å². The number of pyridine rings is 2. The molecule has 2 saturated heterocycles. The Kier molecular flexibility index (Phi) is 9.51. The van der Waals surface area contributed by atoms with E-state index >= 15 is 0 Å². The van der Waals surface area contributed by atoms with Gasteiger partial charge >= 0.3 is 6.09 Å². The lowest BCUT2D eigenvalue weighted by Gasteiger charge is -2.40. The SMILES string of the molecule is CCc1cc(Nc2ncc(Br)c(Nc3cnc4ccccc4c3P(C)C)n2)c(OC)nc1N1CCC(N2CCCOC2=O)CC1. The van der Waals surface area contributed by atoms with Crippen molar-refractivity contribution in [1.29, 1.82) is 0 Å². The molecule has 0 unspecified atom stereocenters. The minimum Gasteiger partial charge on any atom is -0.479 e. The summed E-state index contributed by atoms with van der Waals surface area (Å²) < 4.78 is 11.8. The number of cyclic esters (lactones) is 1. The normalized spacial score (nSPS) is 15.8. The first-order chi connectivity index (χ1) is 21.9. The fraction of sp³-hybridized carbons (Fsp3) is 0.406. The lowest BCUT2D eigenvalue weighted by Crippen LogP contribution is -2.50. The van der Waals surface area contributed by atoms with E-state index in [4.69, 9.17) is 19.4 Å². The molecule has 2 aliphatic heterocycles. The van der Waals surface area contributed by atoms with Crippen LogP contribution in [0.4, 0.5) is 33.8 Å². The molecular formula is C32H38BrN8O3P. The standard InChI is InChI=1S/C32H38BrN8O3P/c1-5-20-17-25(30(43-2)39-29(20)40-14-11-21(12-15-40)41-13-8-16-44-32(41)42)37-31-35-18-23(33)28(38-31)36-26-19-34-24-10-7-6-9-22(24)27(26)45(3)4/h6-7,9-10,17-19,21H,5,8,11-16H2,1-4H3,(H2,35,36,37,38). The van der Waals surface area contributed by atoms with E-state index in [1.165, 1.54) is 5.30 Å². The van der Waals surface area contributed by atoms with Crippen molar-refractivity contribution in [2.45, 2.75) is 38.6 Å². The Bertz CT molecular complexity index is 1700. The molecule has 0 radical (unpaired) electrons. The number of benzene rings is 1. The van der Waals surface area contributed by atoms with E-state index < -0.39 is 7.92 Å². The van der Waals surface area contributed by atoms with E-state index in [9.17, 15) is 4.79 Å². The molecule has 236 valence electrons. The van der Waals surface area contributed by atoms with Crippen molar-refractivity contribution in [2.75, 3.05) is 62.2 Å². The number of carbonyl (C=O) groups excluding carboxylic acids is 1. The number of halogens is 1. The molecule has 1 amide bonds. The van der Waals surface area contributed by atoms with Crippen LogP contribution in [-0.4, -0.2) is 83.7 Å². The Balaban J connectivity index is 1.22. The number of rotatable bonds is 9. The van der Waals surface area contributed by atoms with Gasteiger partial charge < -0.3 is 29.9 Å². The average Bonchev–Trinajstić information content (AvgIpc) is 3.06. The van der Waals surface area contributed by atoms with E-state index in [-0.39, 0.29) is 12.1 Å². The van der Waals surface area contributed by atoms with Gasteiger partial charge in [-0.2, -0.15) is 9.97 Å². The molecule has 0 aliphatic carbocycles. The third-order valence-electron chi connectivity index (χ3n) is 8.26. The molecule has 2 N–H and O–H groups in total. The summed E-state index contributed by atoms with van der Waals surface area (Å²) in [7, 11) is 1.19. The number of anilines is 5. The summed E-state index contributed by atoms with van der Waals surface area (Å²) in [6.07, 6.45) is 6.84. The van der Waals surface area contributed by atoms with E-state index in [1.807, 2.05) is 29.3 Å². The first kappa shape index (κ1) is 31.2. The van der Waals surface area contributed by atoms with Gasteiger partial charge in [-0.15, -0.1) is 0 Å². The van der Waals surface area contributed by atoms with E-state index in [2.05, 4.69) is 73.8 Å². The number of fused-ring (bicyclic) bond motifs is 1. The van der Waals surface area contributed by atoms with E-state index in [0.717, 1.165) is 77.8 Å². The van der Waals surface area contributed by atoms with E-state index in [1.54, 1.807) is 13.3 Å². The number of methoxy groups -OCH3 is 1. The maximum absolute atomic E-state index is 12.3. The van der Waals surface area contributed by atoms with Crippen LogP contribution in [0.1, 0.15) is 31.7 Å². The number of nitrogens with zero attached hydrogens (tertiary/aromatic N) is 6. The van der Waals surface area contributed by atoms with Crippen LogP contribution >= 0.6 is 23.9 Å². The number of hydrogen-bond donors (Lipinski definition) is 2. The lowest BCUT2D eigenvalue weighted by atomic mass is 10.0. The molecule has 0 spiro atoms. The molecule has 2 aliphatic rings. The Morgan fingerprint density at radius 3 is 2.60 bits per heavy atom. The van der Waals surface area contributed by atoms with Gasteiger partial charge in [-0.05, 0) is 72.6 Å². The summed E-state index contributed by atoms with van der Waals surface area (Å²) in [5.74, 6) is 2.41. The molecular weight excluding hydrogens is 655 g/mol. The molecule has 0 bridgehead atoms. The molecule has 0 saturated carbocycles. The van der Waals surface area contributed by atoms with Crippen LogP contribution in [0, 0.1) is 0 Å². The highest BCUT2D eigenvalue weighted by atomic mass is 79.9. The Morgan fingerprint density at radius 2 is 1.87 bits per heavy atom. The van der Waals surface area contributed by atoms with Gasteiger partial charge in [-0.3, -0.25) is 4.98 Å². The second-order valence-electron chi connectivity index (χ2n) is 11.3. The van der Waals surface area contributed by atoms with Gasteiger partial charge in [0.25, 0.3) is 0 Å². The molecule has 45 heavy (non-hydrogen) atoms. The maximum atomic E-state index is 12.3. The topological polar surface area (TPSA) is 118 Å². The average molecular weight is 694 g/mol. The molecule has 0 atom stereocenters. The monoisotopic (exact) mass is 692 g/mol. The van der Waals surface area contributed by atoms with Crippen LogP contribution in [-0.2, 0) is 11.2 Å². The third-order valence-corrected chi connectivity index (χ3v) is 10.2. The summed E-state index contributed by atoms with van der Waals surface area (Å²) in [6.45, 7) is 9.50. The van der Waals surface area contributed by atoms with Crippen molar-refractivity contribution in [3.63, 3.8) is 0 Å². The van der Waals surface area contributed by atoms with Gasteiger partial charge in [0.2, 0.25) is 11.8 Å². The fourth-order valence-corrected chi connectivity index (χ4v) is 7.62. The van der Waals surface area contributed by atoms with Crippen LogP contribution in [0.25, 0.3) is 10.9 Å².